The highest BCUT2D eigenvalue weighted by atomic mass is 16.6. The Kier molecular flexibility index (Phi) is 5.40. The molecule has 0 radical (unpaired) electrons. The topological polar surface area (TPSA) is 95.9 Å². The minimum absolute atomic E-state index is 0.0322. The van der Waals surface area contributed by atoms with Crippen LogP contribution in [-0.4, -0.2) is 51.7 Å². The van der Waals surface area contributed by atoms with Crippen molar-refractivity contribution < 1.29 is 24.2 Å². The third-order valence-corrected chi connectivity index (χ3v) is 4.73. The summed E-state index contributed by atoms with van der Waals surface area (Å²) in [5.74, 6) is -1.07. The number of nitrogens with one attached hydrogen (secondary N) is 1. The number of hydrogen-bond donors (Lipinski definition) is 2. The maximum atomic E-state index is 12.8. The number of carboxylic acid groups (broad SMARTS) is 1. The van der Waals surface area contributed by atoms with E-state index in [4.69, 9.17) is 4.74 Å². The third kappa shape index (κ3) is 4.19. The molecular formula is C17H28N2O5. The number of likely N-dealkylation sites (tertiary alicyclic amines) is 1. The van der Waals surface area contributed by atoms with Gasteiger partial charge in [0, 0.05) is 6.04 Å². The third-order valence-electron chi connectivity index (χ3n) is 4.73. The fourth-order valence-corrected chi connectivity index (χ4v) is 3.77. The second-order valence-electron chi connectivity index (χ2n) is 7.82. The Bertz CT molecular complexity index is 514. The van der Waals surface area contributed by atoms with Gasteiger partial charge in [-0.25, -0.2) is 9.59 Å². The van der Waals surface area contributed by atoms with Crippen LogP contribution in [0.5, 0.6) is 0 Å². The predicted molar refractivity (Wildman–Crippen MR) is 87.5 cm³/mol. The molecule has 1 saturated heterocycles. The molecule has 136 valence electrons. The van der Waals surface area contributed by atoms with Crippen molar-refractivity contribution in [2.24, 2.45) is 5.92 Å². The highest BCUT2D eigenvalue weighted by Gasteiger charge is 2.48. The van der Waals surface area contributed by atoms with Crippen LogP contribution in [0.25, 0.3) is 0 Å². The molecule has 2 rings (SSSR count). The molecule has 7 nitrogen and oxygen atoms in total. The summed E-state index contributed by atoms with van der Waals surface area (Å²) in [6, 6.07) is -1.65. The molecule has 1 heterocycles. The summed E-state index contributed by atoms with van der Waals surface area (Å²) in [5.41, 5.74) is -0.654. The molecule has 0 aromatic rings. The number of fused-ring (bicyclic) bond motifs is 1. The van der Waals surface area contributed by atoms with Crippen molar-refractivity contribution in [2.45, 2.75) is 83.5 Å². The van der Waals surface area contributed by atoms with E-state index in [0.717, 1.165) is 25.7 Å². The van der Waals surface area contributed by atoms with Crippen molar-refractivity contribution in [2.75, 3.05) is 0 Å². The number of carbonyl (C=O) groups is 3. The van der Waals surface area contributed by atoms with Gasteiger partial charge >= 0.3 is 12.1 Å². The Morgan fingerprint density at radius 2 is 1.83 bits per heavy atom. The van der Waals surface area contributed by atoms with E-state index in [1.165, 1.54) is 4.90 Å². The van der Waals surface area contributed by atoms with Crippen molar-refractivity contribution in [3.8, 4) is 0 Å². The van der Waals surface area contributed by atoms with E-state index in [-0.39, 0.29) is 17.9 Å². The zero-order valence-corrected chi connectivity index (χ0v) is 14.9. The first kappa shape index (κ1) is 18.5. The molecule has 1 aliphatic carbocycles. The summed E-state index contributed by atoms with van der Waals surface area (Å²) < 4.78 is 5.16. The van der Waals surface area contributed by atoms with E-state index in [1.54, 1.807) is 27.7 Å². The van der Waals surface area contributed by atoms with Crippen LogP contribution >= 0.6 is 0 Å². The van der Waals surface area contributed by atoms with Gasteiger partial charge < -0.3 is 20.1 Å². The van der Waals surface area contributed by atoms with E-state index in [1.807, 2.05) is 0 Å². The standard InChI is InChI=1S/C17H28N2O5/c1-10(18-16(23)24-17(2,3)4)14(20)19-12-8-6-5-7-11(12)9-13(19)15(21)22/h10-13H,5-9H2,1-4H3,(H,18,23)(H,21,22)/t10-,11?,12-,13?/m0/s1. The number of amides is 2. The molecular weight excluding hydrogens is 312 g/mol. The van der Waals surface area contributed by atoms with Gasteiger partial charge in [-0.2, -0.15) is 0 Å². The number of nitrogens with zero attached hydrogens (tertiary/aromatic N) is 1. The summed E-state index contributed by atoms with van der Waals surface area (Å²) in [5, 5.41) is 12.0. The molecule has 0 aromatic heterocycles. The molecule has 7 heteroatoms. The molecule has 2 N–H and O–H groups in total. The molecule has 0 bridgehead atoms. The molecule has 0 spiro atoms. The lowest BCUT2D eigenvalue weighted by Crippen LogP contribution is -2.54. The minimum Gasteiger partial charge on any atom is -0.480 e. The zero-order chi connectivity index (χ0) is 18.1. The first-order valence-corrected chi connectivity index (χ1v) is 8.64. The Morgan fingerprint density at radius 1 is 1.21 bits per heavy atom. The van der Waals surface area contributed by atoms with Crippen molar-refractivity contribution in [1.82, 2.24) is 10.2 Å². The summed E-state index contributed by atoms with van der Waals surface area (Å²) >= 11 is 0. The Labute approximate surface area is 142 Å². The fourth-order valence-electron chi connectivity index (χ4n) is 3.77. The van der Waals surface area contributed by atoms with Crippen molar-refractivity contribution in [3.63, 3.8) is 0 Å². The summed E-state index contributed by atoms with van der Waals surface area (Å²) in [7, 11) is 0. The largest absolute Gasteiger partial charge is 0.480 e. The molecule has 0 aromatic carbocycles. The van der Waals surface area contributed by atoms with Crippen molar-refractivity contribution in [3.05, 3.63) is 0 Å². The summed E-state index contributed by atoms with van der Waals surface area (Å²) in [6.07, 6.45) is 3.72. The molecule has 2 unspecified atom stereocenters. The lowest BCUT2D eigenvalue weighted by Gasteiger charge is -2.34. The van der Waals surface area contributed by atoms with E-state index in [2.05, 4.69) is 5.32 Å². The quantitative estimate of drug-likeness (QED) is 0.820. The Hall–Kier alpha value is -1.79. The van der Waals surface area contributed by atoms with Gasteiger partial charge in [0.15, 0.2) is 0 Å². The van der Waals surface area contributed by atoms with Crippen LogP contribution in [0.15, 0.2) is 0 Å². The maximum Gasteiger partial charge on any atom is 0.408 e. The van der Waals surface area contributed by atoms with E-state index < -0.39 is 29.7 Å². The number of carboxylic acids is 1. The molecule has 2 aliphatic rings. The lowest BCUT2D eigenvalue weighted by molar-refractivity contribution is -0.150. The molecule has 24 heavy (non-hydrogen) atoms. The first-order chi connectivity index (χ1) is 11.1. The normalized spacial score (nSPS) is 28.0. The zero-order valence-electron chi connectivity index (χ0n) is 14.9. The average Bonchev–Trinajstić information content (AvgIpc) is 2.83. The number of aliphatic carboxylic acids is 1. The number of ether oxygens (including phenoxy) is 1. The lowest BCUT2D eigenvalue weighted by atomic mass is 9.84. The molecule has 2 fully saturated rings. The second-order valence-corrected chi connectivity index (χ2v) is 7.82. The molecule has 1 saturated carbocycles. The van der Waals surface area contributed by atoms with Gasteiger partial charge in [-0.1, -0.05) is 12.8 Å². The van der Waals surface area contributed by atoms with E-state index in [0.29, 0.717) is 6.42 Å². The van der Waals surface area contributed by atoms with Crippen LogP contribution in [0.1, 0.15) is 59.8 Å². The molecule has 4 atom stereocenters. The number of carbonyl (C=O) groups excluding carboxylic acids is 2. The van der Waals surface area contributed by atoms with Gasteiger partial charge in [0.05, 0.1) is 0 Å². The SMILES string of the molecule is C[C@H](NC(=O)OC(C)(C)C)C(=O)N1C(C(=O)O)CC2CCCC[C@@H]21. The second kappa shape index (κ2) is 6.99. The van der Waals surface area contributed by atoms with Gasteiger partial charge in [-0.05, 0) is 52.9 Å². The van der Waals surface area contributed by atoms with Crippen LogP contribution in [-0.2, 0) is 14.3 Å². The van der Waals surface area contributed by atoms with Crippen LogP contribution in [0, 0.1) is 5.92 Å². The Morgan fingerprint density at radius 3 is 2.42 bits per heavy atom. The molecule has 1 aliphatic heterocycles. The van der Waals surface area contributed by atoms with Crippen molar-refractivity contribution in [1.29, 1.82) is 0 Å². The van der Waals surface area contributed by atoms with Gasteiger partial charge in [0.25, 0.3) is 0 Å². The highest BCUT2D eigenvalue weighted by Crippen LogP contribution is 2.40. The predicted octanol–water partition coefficient (Wildman–Crippen LogP) is 2.14. The van der Waals surface area contributed by atoms with Crippen LogP contribution in [0.3, 0.4) is 0 Å². The van der Waals surface area contributed by atoms with E-state index in [9.17, 15) is 19.5 Å². The number of alkyl carbamates (subject to hydrolysis) is 1. The smallest absolute Gasteiger partial charge is 0.408 e. The first-order valence-electron chi connectivity index (χ1n) is 8.64. The van der Waals surface area contributed by atoms with Crippen molar-refractivity contribution >= 4 is 18.0 Å². The van der Waals surface area contributed by atoms with Gasteiger partial charge in [0.1, 0.15) is 17.7 Å². The summed E-state index contributed by atoms with van der Waals surface area (Å²) in [4.78, 5) is 37.8. The maximum absolute atomic E-state index is 12.8. The van der Waals surface area contributed by atoms with Gasteiger partial charge in [0.2, 0.25) is 5.91 Å². The van der Waals surface area contributed by atoms with Crippen LogP contribution < -0.4 is 5.32 Å². The van der Waals surface area contributed by atoms with E-state index >= 15 is 0 Å². The van der Waals surface area contributed by atoms with Crippen LogP contribution in [0.2, 0.25) is 0 Å². The highest BCUT2D eigenvalue weighted by molar-refractivity contribution is 5.90. The Balaban J connectivity index is 2.07. The van der Waals surface area contributed by atoms with Crippen LogP contribution in [0.4, 0.5) is 4.79 Å². The number of hydrogen-bond acceptors (Lipinski definition) is 4. The molecule has 2 amide bonds. The fraction of sp³-hybridized carbons (Fsp3) is 0.824. The van der Waals surface area contributed by atoms with Gasteiger partial charge in [-0.3, -0.25) is 4.79 Å². The number of rotatable bonds is 3. The van der Waals surface area contributed by atoms with Gasteiger partial charge in [-0.15, -0.1) is 0 Å². The minimum atomic E-state index is -0.970. The monoisotopic (exact) mass is 340 g/mol. The summed E-state index contributed by atoms with van der Waals surface area (Å²) in [6.45, 7) is 6.80. The average molecular weight is 340 g/mol.